The van der Waals surface area contributed by atoms with Crippen molar-refractivity contribution in [1.82, 2.24) is 0 Å². The molecule has 0 bridgehead atoms. The molecular weight excluding hydrogens is 533 g/mol. The minimum atomic E-state index is -1.65. The molecule has 10 heteroatoms. The van der Waals surface area contributed by atoms with Gasteiger partial charge in [0.2, 0.25) is 6.29 Å². The van der Waals surface area contributed by atoms with Crippen molar-refractivity contribution in [2.75, 3.05) is 24.6 Å². The number of rotatable bonds is 7. The highest BCUT2D eigenvalue weighted by Crippen LogP contribution is 2.58. The van der Waals surface area contributed by atoms with Crippen LogP contribution in [0.2, 0.25) is 0 Å². The maximum absolute atomic E-state index is 14.9. The van der Waals surface area contributed by atoms with Crippen molar-refractivity contribution in [3.05, 3.63) is 82.4 Å². The molecule has 41 heavy (non-hydrogen) atoms. The average molecular weight is 568 g/mol. The van der Waals surface area contributed by atoms with E-state index >= 15 is 0 Å². The largest absolute Gasteiger partial charge is 0.461 e. The minimum Gasteiger partial charge on any atom is -0.461 e. The molecule has 6 atom stereocenters. The van der Waals surface area contributed by atoms with Gasteiger partial charge < -0.3 is 44.3 Å². The maximum atomic E-state index is 14.9. The Balaban J connectivity index is 1.49. The molecule has 3 aliphatic rings. The summed E-state index contributed by atoms with van der Waals surface area (Å²) in [5.41, 5.74) is 3.35. The van der Waals surface area contributed by atoms with Gasteiger partial charge in [0.25, 0.3) is 0 Å². The summed E-state index contributed by atoms with van der Waals surface area (Å²) in [6, 6.07) is 17.2. The number of ether oxygens (including phenoxy) is 4. The molecule has 6 rings (SSSR count). The number of hydrogen-bond donors (Lipinski definition) is 4. The topological polar surface area (TPSA) is 121 Å². The second-order valence-corrected chi connectivity index (χ2v) is 10.4. The van der Waals surface area contributed by atoms with Crippen LogP contribution in [0, 0.1) is 0 Å². The lowest BCUT2D eigenvalue weighted by atomic mass is 9.77. The highest BCUT2D eigenvalue weighted by atomic mass is 19.1. The fourth-order valence-corrected chi connectivity index (χ4v) is 6.16. The number of halogens is 1. The molecule has 1 fully saturated rings. The van der Waals surface area contributed by atoms with Crippen LogP contribution in [0.25, 0.3) is 0 Å². The number of fused-ring (bicyclic) bond motifs is 6. The van der Waals surface area contributed by atoms with Gasteiger partial charge in [0.15, 0.2) is 5.60 Å². The summed E-state index contributed by atoms with van der Waals surface area (Å²) < 4.78 is 39.4. The van der Waals surface area contributed by atoms with Crippen LogP contribution < -0.4 is 14.4 Å². The molecule has 1 spiro atoms. The molecule has 3 heterocycles. The predicted molar refractivity (Wildman–Crippen MR) is 147 cm³/mol. The molecule has 4 N–H and O–H groups in total. The zero-order chi connectivity index (χ0) is 28.9. The summed E-state index contributed by atoms with van der Waals surface area (Å²) in [4.78, 5) is 2.18. The summed E-state index contributed by atoms with van der Waals surface area (Å²) in [6.45, 7) is 4.51. The van der Waals surface area contributed by atoms with Gasteiger partial charge in [-0.25, -0.2) is 4.39 Å². The molecule has 1 saturated heterocycles. The van der Waals surface area contributed by atoms with E-state index in [0.29, 0.717) is 17.9 Å². The van der Waals surface area contributed by atoms with E-state index in [1.165, 1.54) is 0 Å². The van der Waals surface area contributed by atoms with E-state index < -0.39 is 49.6 Å². The molecule has 0 radical (unpaired) electrons. The fourth-order valence-electron chi connectivity index (χ4n) is 6.16. The Morgan fingerprint density at radius 2 is 1.71 bits per heavy atom. The van der Waals surface area contributed by atoms with Gasteiger partial charge in [0.1, 0.15) is 48.3 Å². The molecule has 3 aromatic rings. The third-order valence-corrected chi connectivity index (χ3v) is 8.35. The molecule has 3 aliphatic heterocycles. The lowest BCUT2D eigenvalue weighted by molar-refractivity contribution is -0.277. The Labute approximate surface area is 237 Å². The van der Waals surface area contributed by atoms with E-state index in [4.69, 9.17) is 18.9 Å². The molecule has 9 nitrogen and oxygen atoms in total. The van der Waals surface area contributed by atoms with E-state index in [-0.39, 0.29) is 17.1 Å². The van der Waals surface area contributed by atoms with Gasteiger partial charge >= 0.3 is 0 Å². The highest BCUT2D eigenvalue weighted by Gasteiger charge is 2.51. The molecule has 218 valence electrons. The summed E-state index contributed by atoms with van der Waals surface area (Å²) in [5, 5.41) is 40.5. The van der Waals surface area contributed by atoms with Crippen LogP contribution in [0.3, 0.4) is 0 Å². The SMILES string of the molecule is CCN(CC)c1ccc2c(c1)Oc1c(ccc(O[C@@H]3O[C@H](CO)[C@H](O)[C@H](O)[C@H]3O)c1CF)[C@@]21OCc2ccccc21. The summed E-state index contributed by atoms with van der Waals surface area (Å²) in [6.07, 6.45) is -7.47. The van der Waals surface area contributed by atoms with Gasteiger partial charge in [-0.1, -0.05) is 24.3 Å². The summed E-state index contributed by atoms with van der Waals surface area (Å²) in [5.74, 6) is 0.786. The zero-order valence-corrected chi connectivity index (χ0v) is 22.9. The predicted octanol–water partition coefficient (Wildman–Crippen LogP) is 3.11. The number of hydrogen-bond acceptors (Lipinski definition) is 9. The lowest BCUT2D eigenvalue weighted by Gasteiger charge is -2.41. The molecule has 0 aromatic heterocycles. The van der Waals surface area contributed by atoms with E-state index in [2.05, 4.69) is 18.7 Å². The monoisotopic (exact) mass is 567 g/mol. The number of aliphatic hydroxyl groups is 4. The second-order valence-electron chi connectivity index (χ2n) is 10.4. The van der Waals surface area contributed by atoms with Crippen LogP contribution in [0.4, 0.5) is 10.1 Å². The third kappa shape index (κ3) is 4.29. The van der Waals surface area contributed by atoms with Gasteiger partial charge in [0, 0.05) is 36.0 Å². The number of benzene rings is 3. The second kappa shape index (κ2) is 10.9. The first kappa shape index (κ1) is 27.9. The van der Waals surface area contributed by atoms with Gasteiger partial charge in [-0.05, 0) is 49.2 Å². The van der Waals surface area contributed by atoms with Crippen LogP contribution in [0.1, 0.15) is 41.7 Å². The summed E-state index contributed by atoms with van der Waals surface area (Å²) >= 11 is 0. The van der Waals surface area contributed by atoms with Gasteiger partial charge in [-0.15, -0.1) is 0 Å². The van der Waals surface area contributed by atoms with Crippen molar-refractivity contribution in [3.8, 4) is 17.2 Å². The standard InChI is InChI=1S/C31H34FNO8/c1-3-33(4-2)18-9-10-21-24(13-18)39-29-19(14-32)23(40-30-28(37)27(36)26(35)25(15-34)41-30)12-11-22(29)31(21)20-8-6-5-7-17(20)16-38-31/h5-13,25-28,30,34-37H,3-4,14-16H2,1-2H3/t25-,26+,27+,28-,30-,31+/m1/s1. The van der Waals surface area contributed by atoms with Gasteiger partial charge in [-0.2, -0.15) is 0 Å². The normalized spacial score (nSPS) is 28.0. The first-order valence-corrected chi connectivity index (χ1v) is 13.9. The summed E-state index contributed by atoms with van der Waals surface area (Å²) in [7, 11) is 0. The average Bonchev–Trinajstić information content (AvgIpc) is 3.37. The Kier molecular flexibility index (Phi) is 7.39. The van der Waals surface area contributed by atoms with Crippen molar-refractivity contribution >= 4 is 5.69 Å². The molecule has 0 saturated carbocycles. The Hall–Kier alpha value is -3.25. The van der Waals surface area contributed by atoms with Gasteiger partial charge in [-0.3, -0.25) is 0 Å². The van der Waals surface area contributed by atoms with Crippen molar-refractivity contribution in [2.45, 2.75) is 63.4 Å². The van der Waals surface area contributed by atoms with E-state index in [1.54, 1.807) is 12.1 Å². The number of aliphatic hydroxyl groups excluding tert-OH is 4. The Morgan fingerprint density at radius 3 is 2.44 bits per heavy atom. The quantitative estimate of drug-likeness (QED) is 0.341. The van der Waals surface area contributed by atoms with Crippen LogP contribution in [0.5, 0.6) is 17.2 Å². The fraction of sp³-hybridized carbons (Fsp3) is 0.419. The van der Waals surface area contributed by atoms with Gasteiger partial charge in [0.05, 0.1) is 18.8 Å². The van der Waals surface area contributed by atoms with Crippen LogP contribution in [-0.2, 0) is 28.4 Å². The number of anilines is 1. The smallest absolute Gasteiger partial charge is 0.229 e. The molecule has 3 aromatic carbocycles. The van der Waals surface area contributed by atoms with Crippen molar-refractivity contribution < 1.29 is 43.8 Å². The first-order chi connectivity index (χ1) is 19.9. The maximum Gasteiger partial charge on any atom is 0.229 e. The zero-order valence-electron chi connectivity index (χ0n) is 22.9. The number of nitrogens with zero attached hydrogens (tertiary/aromatic N) is 1. The highest BCUT2D eigenvalue weighted by molar-refractivity contribution is 5.69. The minimum absolute atomic E-state index is 0.0281. The lowest BCUT2D eigenvalue weighted by Crippen LogP contribution is -2.60. The van der Waals surface area contributed by atoms with Crippen LogP contribution in [-0.4, -0.2) is 70.8 Å². The molecular formula is C31H34FNO8. The Morgan fingerprint density at radius 1 is 0.951 bits per heavy atom. The van der Waals surface area contributed by atoms with E-state index in [1.807, 2.05) is 42.5 Å². The van der Waals surface area contributed by atoms with Crippen molar-refractivity contribution in [3.63, 3.8) is 0 Å². The molecule has 0 unspecified atom stereocenters. The number of alkyl halides is 1. The molecule has 0 aliphatic carbocycles. The van der Waals surface area contributed by atoms with Crippen LogP contribution in [0.15, 0.2) is 54.6 Å². The van der Waals surface area contributed by atoms with Crippen molar-refractivity contribution in [2.24, 2.45) is 0 Å². The third-order valence-electron chi connectivity index (χ3n) is 8.35. The molecule has 0 amide bonds. The van der Waals surface area contributed by atoms with E-state index in [9.17, 15) is 24.8 Å². The first-order valence-electron chi connectivity index (χ1n) is 13.9. The Bertz CT molecular complexity index is 1430. The van der Waals surface area contributed by atoms with Crippen molar-refractivity contribution in [1.29, 1.82) is 0 Å². The van der Waals surface area contributed by atoms with E-state index in [0.717, 1.165) is 35.5 Å². The van der Waals surface area contributed by atoms with Crippen LogP contribution >= 0.6 is 0 Å².